The van der Waals surface area contributed by atoms with Crippen molar-refractivity contribution in [3.63, 3.8) is 0 Å². The summed E-state index contributed by atoms with van der Waals surface area (Å²) in [5.74, 6) is 3.23. The van der Waals surface area contributed by atoms with Gasteiger partial charge in [-0.05, 0) is 12.8 Å². The molecule has 0 saturated carbocycles. The third kappa shape index (κ3) is 16.8. The van der Waals surface area contributed by atoms with E-state index in [1.165, 1.54) is 0 Å². The number of hydrogen-bond donors (Lipinski definition) is 6. The number of nitrogens with zero attached hydrogens (tertiary/aromatic N) is 1. The van der Waals surface area contributed by atoms with Crippen molar-refractivity contribution in [3.05, 3.63) is 0 Å². The number of carboxylic acid groups (broad SMARTS) is 2. The van der Waals surface area contributed by atoms with Crippen molar-refractivity contribution < 1.29 is 19.8 Å². The second kappa shape index (κ2) is 10.6. The molecule has 9 nitrogen and oxygen atoms in total. The molecule has 0 amide bonds. The first-order chi connectivity index (χ1) is 7.81. The molecule has 0 rings (SSSR count). The van der Waals surface area contributed by atoms with Gasteiger partial charge in [0.25, 0.3) is 5.97 Å². The maximum absolute atomic E-state index is 10.3. The Labute approximate surface area is 98.6 Å². The van der Waals surface area contributed by atoms with Gasteiger partial charge >= 0.3 is 5.97 Å². The molecule has 1 atom stereocenters. The smallest absolute Gasteiger partial charge is 0.320 e. The molecule has 0 aliphatic heterocycles. The molecule has 100 valence electrons. The Morgan fingerprint density at radius 2 is 1.88 bits per heavy atom. The van der Waals surface area contributed by atoms with Crippen LogP contribution in [0.2, 0.25) is 0 Å². The molecule has 9 heteroatoms. The van der Waals surface area contributed by atoms with E-state index < -0.39 is 18.0 Å². The van der Waals surface area contributed by atoms with Gasteiger partial charge in [0.05, 0.1) is 0 Å². The summed E-state index contributed by atoms with van der Waals surface area (Å²) in [5, 5.41) is 15.8. The minimum atomic E-state index is -1.01. The van der Waals surface area contributed by atoms with E-state index in [0.717, 1.165) is 6.92 Å². The number of carboxylic acids is 2. The summed E-state index contributed by atoms with van der Waals surface area (Å²) in [7, 11) is 0. The number of hydrogen-bond acceptors (Lipinski definition) is 5. The predicted molar refractivity (Wildman–Crippen MR) is 62.0 cm³/mol. The van der Waals surface area contributed by atoms with E-state index in [0.29, 0.717) is 19.4 Å². The summed E-state index contributed by atoms with van der Waals surface area (Å²) in [4.78, 5) is 23.0. The molecular formula is C8H19N5O4. The van der Waals surface area contributed by atoms with Gasteiger partial charge in [0.2, 0.25) is 5.96 Å². The first kappa shape index (κ1) is 17.5. The SMILES string of the molecule is CC(=O)O.NNC(N)=NCCC[C@H](N)C(=O)O. The number of nitrogens with one attached hydrogen (secondary N) is 1. The standard InChI is InChI=1S/C6H15N5O2.C2H4O2/c7-4(5(12)13)2-1-3-10-6(8)11-9;1-2(3)4/h4H,1-3,7,9H2,(H,12,13)(H3,8,10,11);1H3,(H,3,4)/t4-;/m0./s1. The van der Waals surface area contributed by atoms with Gasteiger partial charge in [-0.25, -0.2) is 5.84 Å². The molecule has 0 spiro atoms. The van der Waals surface area contributed by atoms with Crippen molar-refractivity contribution in [1.82, 2.24) is 5.43 Å². The van der Waals surface area contributed by atoms with Gasteiger partial charge in [0.15, 0.2) is 0 Å². The Morgan fingerprint density at radius 3 is 2.24 bits per heavy atom. The van der Waals surface area contributed by atoms with E-state index in [1.807, 2.05) is 0 Å². The fourth-order valence-electron chi connectivity index (χ4n) is 0.680. The van der Waals surface area contributed by atoms with Gasteiger partial charge in [-0.1, -0.05) is 0 Å². The monoisotopic (exact) mass is 249 g/mol. The summed E-state index contributed by atoms with van der Waals surface area (Å²) in [6.07, 6.45) is 0.937. The molecule has 0 unspecified atom stereocenters. The van der Waals surface area contributed by atoms with Gasteiger partial charge in [0.1, 0.15) is 6.04 Å². The van der Waals surface area contributed by atoms with Gasteiger partial charge < -0.3 is 21.7 Å². The number of rotatable bonds is 5. The molecule has 0 aromatic heterocycles. The van der Waals surface area contributed by atoms with Gasteiger partial charge in [-0.2, -0.15) is 0 Å². The number of hydrazine groups is 1. The van der Waals surface area contributed by atoms with Crippen molar-refractivity contribution in [2.75, 3.05) is 6.54 Å². The van der Waals surface area contributed by atoms with Crippen LogP contribution in [0, 0.1) is 0 Å². The molecular weight excluding hydrogens is 230 g/mol. The van der Waals surface area contributed by atoms with Gasteiger partial charge in [0, 0.05) is 13.5 Å². The fourth-order valence-corrected chi connectivity index (χ4v) is 0.680. The molecule has 0 fully saturated rings. The molecule has 17 heavy (non-hydrogen) atoms. The summed E-state index contributed by atoms with van der Waals surface area (Å²) < 4.78 is 0. The zero-order valence-corrected chi connectivity index (χ0v) is 9.59. The summed E-state index contributed by atoms with van der Waals surface area (Å²) in [6.45, 7) is 1.50. The highest BCUT2D eigenvalue weighted by Crippen LogP contribution is 1.94. The molecule has 0 saturated heterocycles. The van der Waals surface area contributed by atoms with E-state index in [-0.39, 0.29) is 5.96 Å². The van der Waals surface area contributed by atoms with Crippen LogP contribution in [-0.4, -0.2) is 40.7 Å². The van der Waals surface area contributed by atoms with Crippen LogP contribution in [0.1, 0.15) is 19.8 Å². The minimum Gasteiger partial charge on any atom is -0.481 e. The summed E-state index contributed by atoms with van der Waals surface area (Å²) >= 11 is 0. The molecule has 0 aliphatic rings. The van der Waals surface area contributed by atoms with Crippen molar-refractivity contribution in [3.8, 4) is 0 Å². The van der Waals surface area contributed by atoms with Crippen LogP contribution in [0.4, 0.5) is 0 Å². The van der Waals surface area contributed by atoms with E-state index in [9.17, 15) is 4.79 Å². The first-order valence-electron chi connectivity index (χ1n) is 4.75. The fraction of sp³-hybridized carbons (Fsp3) is 0.625. The molecule has 0 aromatic rings. The lowest BCUT2D eigenvalue weighted by Crippen LogP contribution is -2.37. The second-order valence-corrected chi connectivity index (χ2v) is 3.02. The highest BCUT2D eigenvalue weighted by atomic mass is 16.4. The number of aliphatic carboxylic acids is 2. The first-order valence-corrected chi connectivity index (χ1v) is 4.75. The Balaban J connectivity index is 0. The Kier molecular flexibility index (Phi) is 11.0. The predicted octanol–water partition coefficient (Wildman–Crippen LogP) is -1.95. The lowest BCUT2D eigenvalue weighted by atomic mass is 10.2. The molecule has 0 bridgehead atoms. The highest BCUT2D eigenvalue weighted by Gasteiger charge is 2.09. The lowest BCUT2D eigenvalue weighted by molar-refractivity contribution is -0.138. The van der Waals surface area contributed by atoms with Crippen molar-refractivity contribution in [1.29, 1.82) is 0 Å². The van der Waals surface area contributed by atoms with Crippen LogP contribution < -0.4 is 22.7 Å². The number of aliphatic imine (C=N–C) groups is 1. The average Bonchev–Trinajstić information content (AvgIpc) is 2.22. The zero-order valence-electron chi connectivity index (χ0n) is 9.59. The second-order valence-electron chi connectivity index (χ2n) is 3.02. The molecule has 0 heterocycles. The van der Waals surface area contributed by atoms with E-state index in [4.69, 9.17) is 32.3 Å². The number of guanidine groups is 1. The normalized spacial score (nSPS) is 12.1. The molecule has 0 aliphatic carbocycles. The minimum absolute atomic E-state index is 0.129. The third-order valence-corrected chi connectivity index (χ3v) is 1.42. The van der Waals surface area contributed by atoms with Crippen LogP contribution in [0.15, 0.2) is 4.99 Å². The topological polar surface area (TPSA) is 177 Å². The average molecular weight is 249 g/mol. The van der Waals surface area contributed by atoms with E-state index in [1.54, 1.807) is 0 Å². The Bertz CT molecular complexity index is 265. The number of nitrogens with two attached hydrogens (primary N) is 3. The maximum atomic E-state index is 10.3. The Morgan fingerprint density at radius 1 is 1.41 bits per heavy atom. The summed E-state index contributed by atoms with van der Waals surface area (Å²) in [5.41, 5.74) is 12.6. The highest BCUT2D eigenvalue weighted by molar-refractivity contribution is 5.77. The quantitative estimate of drug-likeness (QED) is 0.107. The molecule has 9 N–H and O–H groups in total. The molecule has 0 radical (unpaired) electrons. The summed E-state index contributed by atoms with van der Waals surface area (Å²) in [6, 6.07) is -0.831. The largest absolute Gasteiger partial charge is 0.481 e. The van der Waals surface area contributed by atoms with Crippen LogP contribution in [-0.2, 0) is 9.59 Å². The van der Waals surface area contributed by atoms with E-state index >= 15 is 0 Å². The zero-order chi connectivity index (χ0) is 13.8. The van der Waals surface area contributed by atoms with Crippen LogP contribution in [0.25, 0.3) is 0 Å². The lowest BCUT2D eigenvalue weighted by Gasteiger charge is -2.04. The van der Waals surface area contributed by atoms with Crippen molar-refractivity contribution in [2.45, 2.75) is 25.8 Å². The van der Waals surface area contributed by atoms with Crippen molar-refractivity contribution in [2.24, 2.45) is 22.3 Å². The third-order valence-electron chi connectivity index (χ3n) is 1.42. The number of carbonyl (C=O) groups is 2. The van der Waals surface area contributed by atoms with Crippen molar-refractivity contribution >= 4 is 17.9 Å². The molecule has 0 aromatic carbocycles. The Hall–Kier alpha value is -1.87. The van der Waals surface area contributed by atoms with Crippen LogP contribution in [0.3, 0.4) is 0 Å². The van der Waals surface area contributed by atoms with E-state index in [2.05, 4.69) is 10.4 Å². The van der Waals surface area contributed by atoms with Gasteiger partial charge in [-0.15, -0.1) is 0 Å². The van der Waals surface area contributed by atoms with Gasteiger partial charge in [-0.3, -0.25) is 20.0 Å². The maximum Gasteiger partial charge on any atom is 0.320 e. The van der Waals surface area contributed by atoms with Crippen LogP contribution in [0.5, 0.6) is 0 Å². The van der Waals surface area contributed by atoms with Crippen LogP contribution >= 0.6 is 0 Å².